The van der Waals surface area contributed by atoms with Crippen LogP contribution in [0.1, 0.15) is 25.0 Å². The van der Waals surface area contributed by atoms with Crippen molar-refractivity contribution in [3.63, 3.8) is 0 Å². The highest BCUT2D eigenvalue weighted by Gasteiger charge is 2.14. The molecule has 0 spiro atoms. The first-order valence-corrected chi connectivity index (χ1v) is 8.87. The summed E-state index contributed by atoms with van der Waals surface area (Å²) in [6, 6.07) is 29.3. The van der Waals surface area contributed by atoms with Crippen molar-refractivity contribution in [3.8, 4) is 5.75 Å². The highest BCUT2D eigenvalue weighted by atomic mass is 16.5. The molecule has 0 saturated carbocycles. The number of hydrogen-bond acceptors (Lipinski definition) is 2. The number of benzene rings is 3. The van der Waals surface area contributed by atoms with Crippen LogP contribution in [0.25, 0.3) is 0 Å². The summed E-state index contributed by atoms with van der Waals surface area (Å²) in [6.45, 7) is 5.14. The molecule has 2 nitrogen and oxygen atoms in total. The van der Waals surface area contributed by atoms with E-state index in [1.165, 1.54) is 16.8 Å². The van der Waals surface area contributed by atoms with E-state index in [2.05, 4.69) is 91.5 Å². The van der Waals surface area contributed by atoms with E-state index in [1.54, 1.807) is 0 Å². The van der Waals surface area contributed by atoms with Gasteiger partial charge in [-0.3, -0.25) is 0 Å². The van der Waals surface area contributed by atoms with Gasteiger partial charge in [-0.05, 0) is 55.7 Å². The van der Waals surface area contributed by atoms with Crippen molar-refractivity contribution in [2.24, 2.45) is 0 Å². The summed E-state index contributed by atoms with van der Waals surface area (Å²) >= 11 is 0. The lowest BCUT2D eigenvalue weighted by atomic mass is 10.1. The van der Waals surface area contributed by atoms with Crippen LogP contribution >= 0.6 is 0 Å². The Morgan fingerprint density at radius 2 is 1.32 bits per heavy atom. The minimum absolute atomic E-state index is 0.0210. The maximum absolute atomic E-state index is 6.15. The lowest BCUT2D eigenvalue weighted by Gasteiger charge is -2.30. The van der Waals surface area contributed by atoms with Crippen LogP contribution in [0.5, 0.6) is 5.75 Å². The summed E-state index contributed by atoms with van der Waals surface area (Å²) in [6.07, 6.45) is 0.925. The van der Waals surface area contributed by atoms with Crippen LogP contribution in [0.4, 0.5) is 5.69 Å². The zero-order valence-electron chi connectivity index (χ0n) is 14.9. The first kappa shape index (κ1) is 17.1. The molecule has 3 rings (SSSR count). The van der Waals surface area contributed by atoms with Gasteiger partial charge >= 0.3 is 0 Å². The van der Waals surface area contributed by atoms with Gasteiger partial charge in [-0.1, -0.05) is 60.7 Å². The van der Waals surface area contributed by atoms with E-state index in [9.17, 15) is 0 Å². The number of hydrogen-bond donors (Lipinski definition) is 0. The monoisotopic (exact) mass is 331 g/mol. The smallest absolute Gasteiger partial charge is 0.169 e. The molecular weight excluding hydrogens is 306 g/mol. The number of rotatable bonds is 7. The van der Waals surface area contributed by atoms with Crippen LogP contribution in [0.2, 0.25) is 0 Å². The molecule has 0 aliphatic heterocycles. The molecule has 3 aromatic carbocycles. The Bertz CT molecular complexity index is 753. The van der Waals surface area contributed by atoms with Crippen LogP contribution in [-0.4, -0.2) is 12.8 Å². The molecule has 0 bridgehead atoms. The zero-order valence-corrected chi connectivity index (χ0v) is 14.9. The molecule has 0 fully saturated rings. The first-order valence-electron chi connectivity index (χ1n) is 8.87. The van der Waals surface area contributed by atoms with Gasteiger partial charge in [-0.2, -0.15) is 0 Å². The Labute approximate surface area is 150 Å². The standard InChI is InChI=1S/C23H25NO/c1-3-24(22-12-8-5-9-13-22)19(2)25-23-16-14-21(15-17-23)18-20-10-6-4-7-11-20/h4-17,19H,3,18H2,1-2H3. The minimum Gasteiger partial charge on any atom is -0.471 e. The fraction of sp³-hybridized carbons (Fsp3) is 0.217. The van der Waals surface area contributed by atoms with Crippen LogP contribution in [0.15, 0.2) is 84.9 Å². The van der Waals surface area contributed by atoms with Crippen LogP contribution < -0.4 is 9.64 Å². The van der Waals surface area contributed by atoms with E-state index < -0.39 is 0 Å². The summed E-state index contributed by atoms with van der Waals surface area (Å²) in [7, 11) is 0. The minimum atomic E-state index is -0.0210. The van der Waals surface area contributed by atoms with E-state index in [4.69, 9.17) is 4.74 Å². The Morgan fingerprint density at radius 1 is 0.760 bits per heavy atom. The molecule has 3 aromatic rings. The van der Waals surface area contributed by atoms with Gasteiger partial charge in [0.05, 0.1) is 0 Å². The SMILES string of the molecule is CCN(c1ccccc1)C(C)Oc1ccc(Cc2ccccc2)cc1. The number of anilines is 1. The zero-order chi connectivity index (χ0) is 17.5. The summed E-state index contributed by atoms with van der Waals surface area (Å²) in [5.41, 5.74) is 3.80. The van der Waals surface area contributed by atoms with Crippen molar-refractivity contribution in [1.29, 1.82) is 0 Å². The van der Waals surface area contributed by atoms with Crippen molar-refractivity contribution in [2.45, 2.75) is 26.5 Å². The van der Waals surface area contributed by atoms with Gasteiger partial charge in [0.1, 0.15) is 5.75 Å². The van der Waals surface area contributed by atoms with E-state index in [0.717, 1.165) is 18.7 Å². The topological polar surface area (TPSA) is 12.5 Å². The molecule has 0 aliphatic rings. The van der Waals surface area contributed by atoms with Gasteiger partial charge in [0.15, 0.2) is 6.23 Å². The van der Waals surface area contributed by atoms with Crippen molar-refractivity contribution >= 4 is 5.69 Å². The molecule has 1 unspecified atom stereocenters. The second-order valence-electron chi connectivity index (χ2n) is 6.15. The van der Waals surface area contributed by atoms with Crippen molar-refractivity contribution in [2.75, 3.05) is 11.4 Å². The lowest BCUT2D eigenvalue weighted by Crippen LogP contribution is -2.37. The van der Waals surface area contributed by atoms with Gasteiger partial charge in [-0.15, -0.1) is 0 Å². The molecular formula is C23H25NO. The quantitative estimate of drug-likeness (QED) is 0.528. The largest absolute Gasteiger partial charge is 0.471 e. The summed E-state index contributed by atoms with van der Waals surface area (Å²) < 4.78 is 6.15. The molecule has 0 N–H and O–H groups in total. The maximum atomic E-state index is 6.15. The number of para-hydroxylation sites is 1. The first-order chi connectivity index (χ1) is 12.3. The lowest BCUT2D eigenvalue weighted by molar-refractivity contribution is 0.216. The fourth-order valence-electron chi connectivity index (χ4n) is 3.05. The fourth-order valence-corrected chi connectivity index (χ4v) is 3.05. The van der Waals surface area contributed by atoms with E-state index >= 15 is 0 Å². The van der Waals surface area contributed by atoms with Crippen molar-refractivity contribution in [1.82, 2.24) is 0 Å². The predicted octanol–water partition coefficient (Wildman–Crippen LogP) is 5.53. The van der Waals surface area contributed by atoms with Crippen LogP contribution in [-0.2, 0) is 6.42 Å². The molecule has 0 amide bonds. The Hall–Kier alpha value is -2.74. The Morgan fingerprint density at radius 3 is 1.92 bits per heavy atom. The van der Waals surface area contributed by atoms with E-state index in [0.29, 0.717) is 0 Å². The van der Waals surface area contributed by atoms with E-state index in [-0.39, 0.29) is 6.23 Å². The van der Waals surface area contributed by atoms with Gasteiger partial charge < -0.3 is 9.64 Å². The molecule has 25 heavy (non-hydrogen) atoms. The second kappa shape index (κ2) is 8.39. The number of ether oxygens (including phenoxy) is 1. The van der Waals surface area contributed by atoms with E-state index in [1.807, 2.05) is 12.1 Å². The van der Waals surface area contributed by atoms with Gasteiger partial charge in [0.25, 0.3) is 0 Å². The molecule has 0 saturated heterocycles. The normalized spacial score (nSPS) is 11.8. The molecule has 0 radical (unpaired) electrons. The summed E-state index contributed by atoms with van der Waals surface area (Å²) in [5.74, 6) is 0.902. The third-order valence-corrected chi connectivity index (χ3v) is 4.35. The predicted molar refractivity (Wildman–Crippen MR) is 105 cm³/mol. The molecule has 0 heterocycles. The molecule has 0 aliphatic carbocycles. The van der Waals surface area contributed by atoms with Crippen LogP contribution in [0.3, 0.4) is 0 Å². The van der Waals surface area contributed by atoms with Gasteiger partial charge in [-0.25, -0.2) is 0 Å². The van der Waals surface area contributed by atoms with Gasteiger partial charge in [0, 0.05) is 12.2 Å². The van der Waals surface area contributed by atoms with Crippen LogP contribution in [0, 0.1) is 0 Å². The summed E-state index contributed by atoms with van der Waals surface area (Å²) in [4.78, 5) is 2.25. The Balaban J connectivity index is 1.64. The molecule has 1 atom stereocenters. The second-order valence-corrected chi connectivity index (χ2v) is 6.15. The molecule has 0 aromatic heterocycles. The van der Waals surface area contributed by atoms with Crippen molar-refractivity contribution < 1.29 is 4.74 Å². The average molecular weight is 331 g/mol. The molecule has 128 valence electrons. The highest BCUT2D eigenvalue weighted by molar-refractivity contribution is 5.46. The average Bonchev–Trinajstić information content (AvgIpc) is 2.66. The van der Waals surface area contributed by atoms with Gasteiger partial charge in [0.2, 0.25) is 0 Å². The number of nitrogens with zero attached hydrogens (tertiary/aromatic N) is 1. The third-order valence-electron chi connectivity index (χ3n) is 4.35. The third kappa shape index (κ3) is 4.63. The maximum Gasteiger partial charge on any atom is 0.169 e. The summed E-state index contributed by atoms with van der Waals surface area (Å²) in [5, 5.41) is 0. The highest BCUT2D eigenvalue weighted by Crippen LogP contribution is 2.21. The molecule has 2 heteroatoms. The Kier molecular flexibility index (Phi) is 5.73. The van der Waals surface area contributed by atoms with Crippen molar-refractivity contribution in [3.05, 3.63) is 96.1 Å².